The molecule has 6 heteroatoms. The first-order valence-electron chi connectivity index (χ1n) is 6.52. The number of carbonyl (C=O) groups is 1. The fourth-order valence-corrected chi connectivity index (χ4v) is 2.06. The molecule has 0 spiro atoms. The molecule has 0 saturated heterocycles. The van der Waals surface area contributed by atoms with E-state index < -0.39 is 0 Å². The van der Waals surface area contributed by atoms with Crippen LogP contribution in [0, 0.1) is 0 Å². The highest BCUT2D eigenvalue weighted by molar-refractivity contribution is 9.10. The summed E-state index contributed by atoms with van der Waals surface area (Å²) in [6, 6.07) is 14.7. The molecule has 2 aromatic carbocycles. The Morgan fingerprint density at radius 2 is 2.09 bits per heavy atom. The van der Waals surface area contributed by atoms with Crippen molar-refractivity contribution in [3.63, 3.8) is 0 Å². The van der Waals surface area contributed by atoms with Crippen LogP contribution in [-0.4, -0.2) is 25.8 Å². The van der Waals surface area contributed by atoms with Gasteiger partial charge in [0.05, 0.1) is 13.3 Å². The number of nitrogens with zero attached hydrogens (tertiary/aromatic N) is 1. The second-order valence-electron chi connectivity index (χ2n) is 4.28. The zero-order valence-corrected chi connectivity index (χ0v) is 13.5. The van der Waals surface area contributed by atoms with Gasteiger partial charge in [-0.1, -0.05) is 34.1 Å². The van der Waals surface area contributed by atoms with Crippen molar-refractivity contribution in [2.24, 2.45) is 5.10 Å². The number of hydrogen-bond donors (Lipinski definition) is 1. The van der Waals surface area contributed by atoms with E-state index in [2.05, 4.69) is 26.5 Å². The largest absolute Gasteiger partial charge is 0.496 e. The zero-order chi connectivity index (χ0) is 15.8. The molecule has 2 rings (SSSR count). The molecule has 0 aliphatic carbocycles. The summed E-state index contributed by atoms with van der Waals surface area (Å²) in [5, 5.41) is 3.89. The van der Waals surface area contributed by atoms with Crippen LogP contribution in [0.15, 0.2) is 58.1 Å². The topological polar surface area (TPSA) is 59.9 Å². The lowest BCUT2D eigenvalue weighted by molar-refractivity contribution is -0.123. The Balaban J connectivity index is 1.83. The van der Waals surface area contributed by atoms with Gasteiger partial charge >= 0.3 is 0 Å². The third-order valence-electron chi connectivity index (χ3n) is 2.70. The molecule has 0 radical (unpaired) electrons. The second kappa shape index (κ2) is 8.19. The van der Waals surface area contributed by atoms with Gasteiger partial charge in [0.15, 0.2) is 6.61 Å². The van der Waals surface area contributed by atoms with Crippen molar-refractivity contribution in [1.29, 1.82) is 0 Å². The fraction of sp³-hybridized carbons (Fsp3) is 0.125. The van der Waals surface area contributed by atoms with Crippen molar-refractivity contribution >= 4 is 28.1 Å². The minimum absolute atomic E-state index is 0.111. The number of benzene rings is 2. The average molecular weight is 363 g/mol. The smallest absolute Gasteiger partial charge is 0.277 e. The van der Waals surface area contributed by atoms with Crippen molar-refractivity contribution in [3.05, 3.63) is 58.6 Å². The fourth-order valence-electron chi connectivity index (χ4n) is 1.68. The van der Waals surface area contributed by atoms with E-state index in [0.29, 0.717) is 11.5 Å². The lowest BCUT2D eigenvalue weighted by Crippen LogP contribution is -2.24. The molecule has 1 N–H and O–H groups in total. The van der Waals surface area contributed by atoms with Crippen LogP contribution >= 0.6 is 15.9 Å². The summed E-state index contributed by atoms with van der Waals surface area (Å²) in [7, 11) is 1.58. The summed E-state index contributed by atoms with van der Waals surface area (Å²) in [6.45, 7) is -0.111. The molecule has 0 atom stereocenters. The summed E-state index contributed by atoms with van der Waals surface area (Å²) in [6.07, 6.45) is 1.52. The van der Waals surface area contributed by atoms with Gasteiger partial charge in [-0.25, -0.2) is 5.43 Å². The number of halogens is 1. The highest BCUT2D eigenvalue weighted by Crippen LogP contribution is 2.17. The van der Waals surface area contributed by atoms with Gasteiger partial charge in [-0.15, -0.1) is 0 Å². The Bertz CT molecular complexity index is 674. The van der Waals surface area contributed by atoms with E-state index in [4.69, 9.17) is 9.47 Å². The number of methoxy groups -OCH3 is 1. The number of carbonyl (C=O) groups excluding carboxylic acids is 1. The van der Waals surface area contributed by atoms with Crippen LogP contribution < -0.4 is 14.9 Å². The van der Waals surface area contributed by atoms with Gasteiger partial charge in [0.2, 0.25) is 0 Å². The Morgan fingerprint density at radius 3 is 2.86 bits per heavy atom. The van der Waals surface area contributed by atoms with Crippen molar-refractivity contribution in [3.8, 4) is 11.5 Å². The van der Waals surface area contributed by atoms with Gasteiger partial charge in [-0.3, -0.25) is 4.79 Å². The van der Waals surface area contributed by atoms with Crippen molar-refractivity contribution in [1.82, 2.24) is 5.43 Å². The molecule has 0 aliphatic heterocycles. The molecule has 2 aromatic rings. The molecule has 1 amide bonds. The van der Waals surface area contributed by atoms with E-state index in [0.717, 1.165) is 10.0 Å². The lowest BCUT2D eigenvalue weighted by atomic mass is 10.2. The highest BCUT2D eigenvalue weighted by Gasteiger charge is 2.02. The van der Waals surface area contributed by atoms with Gasteiger partial charge in [0.25, 0.3) is 5.91 Å². The van der Waals surface area contributed by atoms with E-state index in [-0.39, 0.29) is 12.5 Å². The standard InChI is InChI=1S/C16H15BrN2O3/c1-21-15-8-3-2-5-12(15)10-18-19-16(20)11-22-14-7-4-6-13(17)9-14/h2-10H,11H2,1H3,(H,19,20). The Hall–Kier alpha value is -2.34. The van der Waals surface area contributed by atoms with Gasteiger partial charge in [-0.2, -0.15) is 5.10 Å². The van der Waals surface area contributed by atoms with Crippen LogP contribution in [0.2, 0.25) is 0 Å². The van der Waals surface area contributed by atoms with E-state index in [9.17, 15) is 4.79 Å². The van der Waals surface area contributed by atoms with E-state index in [1.165, 1.54) is 6.21 Å². The van der Waals surface area contributed by atoms with Gasteiger partial charge in [0.1, 0.15) is 11.5 Å². The summed E-state index contributed by atoms with van der Waals surface area (Å²) in [5.74, 6) is 0.954. The molecule has 22 heavy (non-hydrogen) atoms. The third kappa shape index (κ3) is 4.89. The molecule has 0 aliphatic rings. The number of para-hydroxylation sites is 1. The summed E-state index contributed by atoms with van der Waals surface area (Å²) in [5.41, 5.74) is 3.18. The Morgan fingerprint density at radius 1 is 1.27 bits per heavy atom. The molecule has 0 bridgehead atoms. The van der Waals surface area contributed by atoms with Crippen LogP contribution in [0.1, 0.15) is 5.56 Å². The van der Waals surface area contributed by atoms with Crippen molar-refractivity contribution in [2.45, 2.75) is 0 Å². The maximum atomic E-state index is 11.7. The number of ether oxygens (including phenoxy) is 2. The molecule has 0 heterocycles. The summed E-state index contributed by atoms with van der Waals surface area (Å²) in [4.78, 5) is 11.7. The highest BCUT2D eigenvalue weighted by atomic mass is 79.9. The number of amides is 1. The van der Waals surface area contributed by atoms with Crippen molar-refractivity contribution < 1.29 is 14.3 Å². The molecule has 114 valence electrons. The maximum Gasteiger partial charge on any atom is 0.277 e. The minimum atomic E-state index is -0.342. The second-order valence-corrected chi connectivity index (χ2v) is 5.20. The molecular formula is C16H15BrN2O3. The third-order valence-corrected chi connectivity index (χ3v) is 3.19. The normalized spacial score (nSPS) is 10.5. The van der Waals surface area contributed by atoms with Crippen LogP contribution in [0.3, 0.4) is 0 Å². The number of rotatable bonds is 6. The molecule has 0 unspecified atom stereocenters. The quantitative estimate of drug-likeness (QED) is 0.634. The van der Waals surface area contributed by atoms with E-state index in [1.54, 1.807) is 19.2 Å². The Kier molecular flexibility index (Phi) is 5.97. The maximum absolute atomic E-state index is 11.7. The van der Waals surface area contributed by atoms with Gasteiger partial charge < -0.3 is 9.47 Å². The van der Waals surface area contributed by atoms with Crippen LogP contribution in [0.5, 0.6) is 11.5 Å². The Labute approximate surface area is 137 Å². The number of nitrogens with one attached hydrogen (secondary N) is 1. The van der Waals surface area contributed by atoms with Gasteiger partial charge in [-0.05, 0) is 30.3 Å². The predicted molar refractivity (Wildman–Crippen MR) is 88.4 cm³/mol. The zero-order valence-electron chi connectivity index (χ0n) is 12.0. The SMILES string of the molecule is COc1ccccc1C=NNC(=O)COc1cccc(Br)c1. The first kappa shape index (κ1) is 16.0. The average Bonchev–Trinajstić information content (AvgIpc) is 2.53. The van der Waals surface area contributed by atoms with Crippen LogP contribution in [0.4, 0.5) is 0 Å². The van der Waals surface area contributed by atoms with Crippen LogP contribution in [0.25, 0.3) is 0 Å². The van der Waals surface area contributed by atoms with Gasteiger partial charge in [0, 0.05) is 10.0 Å². The monoisotopic (exact) mass is 362 g/mol. The predicted octanol–water partition coefficient (Wildman–Crippen LogP) is 2.99. The first-order valence-corrected chi connectivity index (χ1v) is 7.31. The molecular weight excluding hydrogens is 348 g/mol. The lowest BCUT2D eigenvalue weighted by Gasteiger charge is -2.05. The first-order chi connectivity index (χ1) is 10.7. The molecule has 0 fully saturated rings. The van der Waals surface area contributed by atoms with Crippen molar-refractivity contribution in [2.75, 3.05) is 13.7 Å². The summed E-state index contributed by atoms with van der Waals surface area (Å²) >= 11 is 3.33. The summed E-state index contributed by atoms with van der Waals surface area (Å²) < 4.78 is 11.4. The van der Waals surface area contributed by atoms with E-state index >= 15 is 0 Å². The molecule has 5 nitrogen and oxygen atoms in total. The number of hydrogen-bond acceptors (Lipinski definition) is 4. The molecule has 0 aromatic heterocycles. The van der Waals surface area contributed by atoms with Crippen LogP contribution in [-0.2, 0) is 4.79 Å². The minimum Gasteiger partial charge on any atom is -0.496 e. The molecule has 0 saturated carbocycles. The van der Waals surface area contributed by atoms with E-state index in [1.807, 2.05) is 36.4 Å². The number of hydrazone groups is 1.